The average Bonchev–Trinajstić information content (AvgIpc) is 3.37. The van der Waals surface area contributed by atoms with Crippen LogP contribution in [0, 0.1) is 0 Å². The van der Waals surface area contributed by atoms with Gasteiger partial charge >= 0.3 is 5.97 Å². The lowest BCUT2D eigenvalue weighted by Gasteiger charge is -2.20. The lowest BCUT2D eigenvalue weighted by Crippen LogP contribution is -2.45. The fraction of sp³-hybridized carbons (Fsp3) is 0.846. The number of esters is 1. The number of allylic oxidation sites excluding steroid dienone is 7. The third kappa shape index (κ3) is 57.0. The summed E-state index contributed by atoms with van der Waals surface area (Å²) in [6.45, 7) is 4.86. The van der Waals surface area contributed by atoms with Gasteiger partial charge < -0.3 is 20.3 Å². The van der Waals surface area contributed by atoms with Crippen LogP contribution in [0.15, 0.2) is 48.6 Å². The first kappa shape index (κ1) is 68.8. The van der Waals surface area contributed by atoms with Crippen molar-refractivity contribution in [2.45, 2.75) is 341 Å². The Balaban J connectivity index is 3.47. The summed E-state index contributed by atoms with van der Waals surface area (Å²) in [5, 5.41) is 23.2. The molecule has 0 saturated carbocycles. The van der Waals surface area contributed by atoms with Gasteiger partial charge in [-0.15, -0.1) is 0 Å². The van der Waals surface area contributed by atoms with Crippen molar-refractivity contribution in [2.75, 3.05) is 13.2 Å². The Kier molecular flexibility index (Phi) is 58.5. The van der Waals surface area contributed by atoms with E-state index in [4.69, 9.17) is 4.74 Å². The molecule has 6 nitrogen and oxygen atoms in total. The fourth-order valence-electron chi connectivity index (χ4n) is 9.47. The molecule has 2 unspecified atom stereocenters. The van der Waals surface area contributed by atoms with Crippen molar-refractivity contribution in [3.8, 4) is 0 Å². The largest absolute Gasteiger partial charge is 0.466 e. The summed E-state index contributed by atoms with van der Waals surface area (Å²) >= 11 is 0. The molecule has 0 heterocycles. The Hall–Kier alpha value is -2.18. The van der Waals surface area contributed by atoms with Crippen molar-refractivity contribution in [3.63, 3.8) is 0 Å². The number of aliphatic hydroxyl groups excluding tert-OH is 2. The van der Waals surface area contributed by atoms with E-state index in [1.165, 1.54) is 244 Å². The maximum Gasteiger partial charge on any atom is 0.305 e. The molecule has 0 spiro atoms. The SMILES string of the molecule is CCCC/C=C\C/C=C\CCCCCCCC(=O)OCCCCCCCCCCCC/C=C\CCCCCCCCCC(=O)NC(CO)C(O)/C=C/CCCCCCCCCCCCCCCCCCC. The summed E-state index contributed by atoms with van der Waals surface area (Å²) in [6, 6.07) is -0.635. The molecule has 0 rings (SSSR count). The molecule has 0 bridgehead atoms. The maximum absolute atomic E-state index is 12.5. The van der Waals surface area contributed by atoms with Gasteiger partial charge in [0.2, 0.25) is 5.91 Å². The third-order valence-corrected chi connectivity index (χ3v) is 14.3. The van der Waals surface area contributed by atoms with Gasteiger partial charge in [0.25, 0.3) is 0 Å². The number of amides is 1. The number of hydrogen-bond donors (Lipinski definition) is 3. The van der Waals surface area contributed by atoms with Crippen LogP contribution in [0.3, 0.4) is 0 Å². The number of aliphatic hydroxyl groups is 2. The highest BCUT2D eigenvalue weighted by atomic mass is 16.5. The van der Waals surface area contributed by atoms with Gasteiger partial charge in [-0.25, -0.2) is 0 Å². The van der Waals surface area contributed by atoms with Crippen LogP contribution in [0.2, 0.25) is 0 Å². The molecule has 6 heteroatoms. The zero-order chi connectivity index (χ0) is 51.4. The van der Waals surface area contributed by atoms with E-state index in [1.807, 2.05) is 6.08 Å². The smallest absolute Gasteiger partial charge is 0.305 e. The van der Waals surface area contributed by atoms with Gasteiger partial charge in [0.15, 0.2) is 0 Å². The summed E-state index contributed by atoms with van der Waals surface area (Å²) < 4.78 is 5.47. The zero-order valence-electron chi connectivity index (χ0n) is 47.5. The third-order valence-electron chi connectivity index (χ3n) is 14.3. The molecule has 416 valence electrons. The molecule has 0 aromatic rings. The van der Waals surface area contributed by atoms with E-state index in [0.29, 0.717) is 19.4 Å². The van der Waals surface area contributed by atoms with E-state index in [-0.39, 0.29) is 18.5 Å². The van der Waals surface area contributed by atoms with Crippen molar-refractivity contribution in [2.24, 2.45) is 0 Å². The second kappa shape index (κ2) is 60.4. The van der Waals surface area contributed by atoms with E-state index >= 15 is 0 Å². The molecule has 0 saturated heterocycles. The minimum atomic E-state index is -0.851. The number of rotatable bonds is 58. The zero-order valence-corrected chi connectivity index (χ0v) is 47.5. The summed E-state index contributed by atoms with van der Waals surface area (Å²) in [5.74, 6) is -0.0816. The molecule has 0 aromatic carbocycles. The highest BCUT2D eigenvalue weighted by Gasteiger charge is 2.18. The van der Waals surface area contributed by atoms with Gasteiger partial charge in [-0.2, -0.15) is 0 Å². The predicted molar refractivity (Wildman–Crippen MR) is 310 cm³/mol. The lowest BCUT2D eigenvalue weighted by atomic mass is 10.0. The lowest BCUT2D eigenvalue weighted by molar-refractivity contribution is -0.143. The first-order chi connectivity index (χ1) is 35.0. The molecule has 2 atom stereocenters. The monoisotopic (exact) mass is 996 g/mol. The Labute approximate surface area is 442 Å². The first-order valence-electron chi connectivity index (χ1n) is 31.4. The molecular formula is C65H121NO5. The van der Waals surface area contributed by atoms with E-state index in [0.717, 1.165) is 57.8 Å². The second-order valence-corrected chi connectivity index (χ2v) is 21.4. The van der Waals surface area contributed by atoms with Crippen molar-refractivity contribution in [1.82, 2.24) is 5.32 Å². The minimum Gasteiger partial charge on any atom is -0.466 e. The van der Waals surface area contributed by atoms with Crippen LogP contribution >= 0.6 is 0 Å². The minimum absolute atomic E-state index is 0.00725. The van der Waals surface area contributed by atoms with Crippen LogP contribution in [0.4, 0.5) is 0 Å². The van der Waals surface area contributed by atoms with Crippen LogP contribution in [0.25, 0.3) is 0 Å². The average molecular weight is 997 g/mol. The highest BCUT2D eigenvalue weighted by Crippen LogP contribution is 2.17. The van der Waals surface area contributed by atoms with Crippen molar-refractivity contribution < 1.29 is 24.5 Å². The molecule has 3 N–H and O–H groups in total. The summed E-state index contributed by atoms with van der Waals surface area (Å²) in [5.41, 5.74) is 0. The number of carbonyl (C=O) groups excluding carboxylic acids is 2. The van der Waals surface area contributed by atoms with Crippen LogP contribution in [-0.2, 0) is 14.3 Å². The molecule has 0 radical (unpaired) electrons. The standard InChI is InChI=1S/C65H121NO5/c1-3-5-7-9-11-13-15-17-19-20-24-27-30-33-37-41-45-49-53-57-63(68)62(61-67)66-64(69)58-54-50-46-42-38-34-31-28-25-22-21-23-26-29-32-36-40-44-48-52-56-60-71-65(70)59-55-51-47-43-39-35-18-16-14-12-10-8-6-4-2/h10,12,16,18,22,25,53,57,62-63,67-68H,3-9,11,13-15,17,19-21,23-24,26-52,54-56,58-61H2,1-2H3,(H,66,69)/b12-10-,18-16-,25-22-,57-53+. The fourth-order valence-corrected chi connectivity index (χ4v) is 9.47. The van der Waals surface area contributed by atoms with E-state index in [9.17, 15) is 19.8 Å². The van der Waals surface area contributed by atoms with Gasteiger partial charge in [-0.3, -0.25) is 9.59 Å². The summed E-state index contributed by atoms with van der Waals surface area (Å²) in [6.07, 6.45) is 77.2. The first-order valence-corrected chi connectivity index (χ1v) is 31.4. The molecule has 0 aliphatic heterocycles. The van der Waals surface area contributed by atoms with Gasteiger partial charge in [0.05, 0.1) is 25.4 Å². The van der Waals surface area contributed by atoms with E-state index in [1.54, 1.807) is 6.08 Å². The maximum atomic E-state index is 12.5. The molecular weight excluding hydrogens is 875 g/mol. The van der Waals surface area contributed by atoms with Gasteiger partial charge in [-0.05, 0) is 83.5 Å². The number of ether oxygens (including phenoxy) is 1. The molecule has 1 amide bonds. The van der Waals surface area contributed by atoms with E-state index in [2.05, 4.69) is 55.6 Å². The Morgan fingerprint density at radius 2 is 0.718 bits per heavy atom. The number of hydrogen-bond acceptors (Lipinski definition) is 5. The van der Waals surface area contributed by atoms with Gasteiger partial charge in [0.1, 0.15) is 0 Å². The van der Waals surface area contributed by atoms with Crippen molar-refractivity contribution >= 4 is 11.9 Å². The van der Waals surface area contributed by atoms with Crippen LogP contribution in [-0.4, -0.2) is 47.4 Å². The number of carbonyl (C=O) groups is 2. The quantitative estimate of drug-likeness (QED) is 0.0321. The highest BCUT2D eigenvalue weighted by molar-refractivity contribution is 5.76. The van der Waals surface area contributed by atoms with Crippen LogP contribution in [0.1, 0.15) is 328 Å². The summed E-state index contributed by atoms with van der Waals surface area (Å²) in [4.78, 5) is 24.5. The molecule has 71 heavy (non-hydrogen) atoms. The van der Waals surface area contributed by atoms with Crippen LogP contribution < -0.4 is 5.32 Å². The molecule has 0 aromatic heterocycles. The molecule has 0 aliphatic carbocycles. The van der Waals surface area contributed by atoms with Crippen molar-refractivity contribution in [3.05, 3.63) is 48.6 Å². The molecule has 0 aliphatic rings. The summed E-state index contributed by atoms with van der Waals surface area (Å²) in [7, 11) is 0. The van der Waals surface area contributed by atoms with Gasteiger partial charge in [0, 0.05) is 12.8 Å². The normalized spacial score (nSPS) is 12.9. The van der Waals surface area contributed by atoms with Gasteiger partial charge in [-0.1, -0.05) is 281 Å². The Bertz CT molecular complexity index is 1190. The Morgan fingerprint density at radius 3 is 1.13 bits per heavy atom. The molecule has 0 fully saturated rings. The number of nitrogens with one attached hydrogen (secondary N) is 1. The number of unbranched alkanes of at least 4 members (excludes halogenated alkanes) is 41. The van der Waals surface area contributed by atoms with Crippen LogP contribution in [0.5, 0.6) is 0 Å². The topological polar surface area (TPSA) is 95.9 Å². The predicted octanol–water partition coefficient (Wildman–Crippen LogP) is 19.7. The Morgan fingerprint density at radius 1 is 0.394 bits per heavy atom. The second-order valence-electron chi connectivity index (χ2n) is 21.4. The van der Waals surface area contributed by atoms with Crippen molar-refractivity contribution in [1.29, 1.82) is 0 Å². The van der Waals surface area contributed by atoms with E-state index < -0.39 is 12.1 Å².